The maximum Gasteiger partial charge on any atom is 0.280 e. The van der Waals surface area contributed by atoms with Crippen molar-refractivity contribution in [1.29, 1.82) is 0 Å². The zero-order valence-electron chi connectivity index (χ0n) is 16.4. The van der Waals surface area contributed by atoms with Crippen molar-refractivity contribution in [3.63, 3.8) is 0 Å². The number of hydrazone groups is 1. The first-order valence-electron chi connectivity index (χ1n) is 9.17. The van der Waals surface area contributed by atoms with Gasteiger partial charge in [-0.1, -0.05) is 0 Å². The van der Waals surface area contributed by atoms with E-state index in [2.05, 4.69) is 15.6 Å². The standard InChI is InChI=1S/C19H23FN4O4S/c1-12-18(13(2)24(23-12)16-8-9-29(26,27)11-16)10-21-22-19(25)14(3)28-17-6-4-15(20)5-7-17/h4-7,10,14,16H,8-9,11H2,1-3H3,(H,22,25)/b21-10-/t14-,16-/m1/s1. The molecule has 1 fully saturated rings. The van der Waals surface area contributed by atoms with E-state index in [0.717, 1.165) is 11.3 Å². The predicted octanol–water partition coefficient (Wildman–Crippen LogP) is 1.92. The molecule has 1 aromatic heterocycles. The van der Waals surface area contributed by atoms with Gasteiger partial charge in [0.15, 0.2) is 15.9 Å². The number of hydrogen-bond donors (Lipinski definition) is 1. The van der Waals surface area contributed by atoms with Gasteiger partial charge in [-0.15, -0.1) is 0 Å². The molecule has 0 aliphatic carbocycles. The van der Waals surface area contributed by atoms with E-state index in [1.54, 1.807) is 18.5 Å². The maximum absolute atomic E-state index is 12.9. The summed E-state index contributed by atoms with van der Waals surface area (Å²) in [5.41, 5.74) is 4.62. The van der Waals surface area contributed by atoms with Gasteiger partial charge in [-0.3, -0.25) is 9.48 Å². The molecule has 0 spiro atoms. The van der Waals surface area contributed by atoms with Crippen molar-refractivity contribution in [2.75, 3.05) is 11.5 Å². The number of nitrogens with one attached hydrogen (secondary N) is 1. The van der Waals surface area contributed by atoms with Crippen LogP contribution < -0.4 is 10.2 Å². The molecule has 2 heterocycles. The van der Waals surface area contributed by atoms with E-state index in [0.29, 0.717) is 17.9 Å². The van der Waals surface area contributed by atoms with Gasteiger partial charge in [0.25, 0.3) is 5.91 Å². The first kappa shape index (κ1) is 21.0. The number of ether oxygens (including phenoxy) is 1. The minimum Gasteiger partial charge on any atom is -0.481 e. The molecule has 1 amide bonds. The zero-order valence-corrected chi connectivity index (χ0v) is 17.2. The van der Waals surface area contributed by atoms with Gasteiger partial charge in [0.2, 0.25) is 0 Å². The van der Waals surface area contributed by atoms with Crippen LogP contribution in [0, 0.1) is 19.7 Å². The highest BCUT2D eigenvalue weighted by Gasteiger charge is 2.31. The lowest BCUT2D eigenvalue weighted by molar-refractivity contribution is -0.127. The SMILES string of the molecule is Cc1nn([C@@H]2CCS(=O)(=O)C2)c(C)c1/C=N\NC(=O)[C@@H](C)Oc1ccc(F)cc1. The van der Waals surface area contributed by atoms with Gasteiger partial charge < -0.3 is 4.74 Å². The Morgan fingerprint density at radius 1 is 1.38 bits per heavy atom. The number of aryl methyl sites for hydroxylation is 1. The van der Waals surface area contributed by atoms with Gasteiger partial charge in [0, 0.05) is 11.3 Å². The van der Waals surface area contributed by atoms with Crippen LogP contribution in [0.2, 0.25) is 0 Å². The summed E-state index contributed by atoms with van der Waals surface area (Å²) in [5.74, 6) is -0.227. The highest BCUT2D eigenvalue weighted by atomic mass is 32.2. The molecule has 10 heteroatoms. The number of benzene rings is 1. The molecule has 29 heavy (non-hydrogen) atoms. The number of halogens is 1. The van der Waals surface area contributed by atoms with Gasteiger partial charge in [-0.25, -0.2) is 18.2 Å². The number of carbonyl (C=O) groups is 1. The molecule has 1 aliphatic heterocycles. The van der Waals surface area contributed by atoms with Gasteiger partial charge in [-0.2, -0.15) is 10.2 Å². The fourth-order valence-corrected chi connectivity index (χ4v) is 4.90. The monoisotopic (exact) mass is 422 g/mol. The van der Waals surface area contributed by atoms with E-state index >= 15 is 0 Å². The van der Waals surface area contributed by atoms with Gasteiger partial charge in [0.05, 0.1) is 29.5 Å². The maximum atomic E-state index is 12.9. The molecule has 156 valence electrons. The van der Waals surface area contributed by atoms with Crippen molar-refractivity contribution in [3.05, 3.63) is 47.0 Å². The molecule has 0 bridgehead atoms. The van der Waals surface area contributed by atoms with E-state index in [9.17, 15) is 17.6 Å². The van der Waals surface area contributed by atoms with Crippen LogP contribution in [0.1, 0.15) is 36.3 Å². The van der Waals surface area contributed by atoms with Crippen LogP contribution in [-0.4, -0.2) is 47.9 Å². The summed E-state index contributed by atoms with van der Waals surface area (Å²) >= 11 is 0. The lowest BCUT2D eigenvalue weighted by Gasteiger charge is -2.12. The molecule has 1 saturated heterocycles. The Labute approximate surface area is 168 Å². The van der Waals surface area contributed by atoms with Crippen molar-refractivity contribution in [3.8, 4) is 5.75 Å². The third-order valence-corrected chi connectivity index (χ3v) is 6.55. The van der Waals surface area contributed by atoms with Crippen molar-refractivity contribution in [2.24, 2.45) is 5.10 Å². The molecule has 2 atom stereocenters. The van der Waals surface area contributed by atoms with E-state index < -0.39 is 21.8 Å². The third kappa shape index (κ3) is 5.00. The van der Waals surface area contributed by atoms with E-state index in [1.165, 1.54) is 30.5 Å². The van der Waals surface area contributed by atoms with E-state index in [-0.39, 0.29) is 23.4 Å². The largest absolute Gasteiger partial charge is 0.481 e. The Morgan fingerprint density at radius 3 is 2.69 bits per heavy atom. The van der Waals surface area contributed by atoms with Crippen molar-refractivity contribution >= 4 is 22.0 Å². The van der Waals surface area contributed by atoms with Crippen LogP contribution in [0.5, 0.6) is 5.75 Å². The summed E-state index contributed by atoms with van der Waals surface area (Å²) in [7, 11) is -3.02. The average molecular weight is 422 g/mol. The van der Waals surface area contributed by atoms with Gasteiger partial charge in [0.1, 0.15) is 11.6 Å². The number of sulfone groups is 1. The van der Waals surface area contributed by atoms with Crippen LogP contribution in [-0.2, 0) is 14.6 Å². The van der Waals surface area contributed by atoms with E-state index in [1.807, 2.05) is 6.92 Å². The Kier molecular flexibility index (Phi) is 6.02. The van der Waals surface area contributed by atoms with Crippen LogP contribution >= 0.6 is 0 Å². The quantitative estimate of drug-likeness (QED) is 0.566. The van der Waals surface area contributed by atoms with E-state index in [4.69, 9.17) is 4.74 Å². The Hall–Kier alpha value is -2.75. The van der Waals surface area contributed by atoms with Crippen LogP contribution in [0.3, 0.4) is 0 Å². The summed E-state index contributed by atoms with van der Waals surface area (Å²) < 4.78 is 43.6. The number of amides is 1. The molecule has 1 aromatic carbocycles. The zero-order chi connectivity index (χ0) is 21.2. The van der Waals surface area contributed by atoms with Crippen molar-refractivity contribution in [2.45, 2.75) is 39.3 Å². The predicted molar refractivity (Wildman–Crippen MR) is 106 cm³/mol. The number of carbonyl (C=O) groups excluding carboxylic acids is 1. The van der Waals surface area contributed by atoms with Gasteiger partial charge in [-0.05, 0) is 51.5 Å². The molecule has 0 unspecified atom stereocenters. The smallest absolute Gasteiger partial charge is 0.280 e. The first-order valence-corrected chi connectivity index (χ1v) is 11.0. The van der Waals surface area contributed by atoms with Crippen LogP contribution in [0.4, 0.5) is 4.39 Å². The average Bonchev–Trinajstić information content (AvgIpc) is 3.16. The molecule has 0 saturated carbocycles. The number of rotatable bonds is 6. The molecular formula is C19H23FN4O4S. The summed E-state index contributed by atoms with van der Waals surface area (Å²) in [6, 6.07) is 5.19. The van der Waals surface area contributed by atoms with Crippen LogP contribution in [0.25, 0.3) is 0 Å². The molecule has 1 N–H and O–H groups in total. The molecule has 0 radical (unpaired) electrons. The third-order valence-electron chi connectivity index (χ3n) is 4.80. The Balaban J connectivity index is 1.62. The fourth-order valence-electron chi connectivity index (χ4n) is 3.21. The lowest BCUT2D eigenvalue weighted by Crippen LogP contribution is -2.33. The second-order valence-electron chi connectivity index (χ2n) is 7.03. The molecule has 2 aromatic rings. The first-order chi connectivity index (χ1) is 13.7. The minimum atomic E-state index is -3.02. The molecule has 8 nitrogen and oxygen atoms in total. The van der Waals surface area contributed by atoms with Crippen LogP contribution in [0.15, 0.2) is 29.4 Å². The Bertz CT molecular complexity index is 1030. The number of aromatic nitrogens is 2. The minimum absolute atomic E-state index is 0.0838. The molecule has 3 rings (SSSR count). The second-order valence-corrected chi connectivity index (χ2v) is 9.26. The highest BCUT2D eigenvalue weighted by Crippen LogP contribution is 2.26. The van der Waals surface area contributed by atoms with Crippen molar-refractivity contribution < 1.29 is 22.3 Å². The summed E-state index contributed by atoms with van der Waals surface area (Å²) in [6.07, 6.45) is 1.20. The van der Waals surface area contributed by atoms with Gasteiger partial charge >= 0.3 is 0 Å². The lowest BCUT2D eigenvalue weighted by atomic mass is 10.2. The fraction of sp³-hybridized carbons (Fsp3) is 0.421. The summed E-state index contributed by atoms with van der Waals surface area (Å²) in [4.78, 5) is 12.1. The normalized spacial score (nSPS) is 19.4. The second kappa shape index (κ2) is 8.32. The van der Waals surface area contributed by atoms with Crippen molar-refractivity contribution in [1.82, 2.24) is 15.2 Å². The highest BCUT2D eigenvalue weighted by molar-refractivity contribution is 7.91. The number of nitrogens with zero attached hydrogens (tertiary/aromatic N) is 3. The molecule has 1 aliphatic rings. The summed E-state index contributed by atoms with van der Waals surface area (Å²) in [6.45, 7) is 5.20. The number of hydrogen-bond acceptors (Lipinski definition) is 6. The summed E-state index contributed by atoms with van der Waals surface area (Å²) in [5, 5.41) is 8.42. The topological polar surface area (TPSA) is 103 Å². The molecular weight excluding hydrogens is 399 g/mol. The Morgan fingerprint density at radius 2 is 2.07 bits per heavy atom.